The van der Waals surface area contributed by atoms with Gasteiger partial charge in [-0.25, -0.2) is 17.9 Å². The zero-order valence-electron chi connectivity index (χ0n) is 11.3. The number of primary sulfonamides is 1. The summed E-state index contributed by atoms with van der Waals surface area (Å²) in [5, 5.41) is 4.92. The number of halogens is 1. The first-order valence-corrected chi connectivity index (χ1v) is 7.92. The summed E-state index contributed by atoms with van der Waals surface area (Å²) in [5.41, 5.74) is -0.210. The molecule has 21 heavy (non-hydrogen) atoms. The minimum absolute atomic E-state index is 0.0890. The summed E-state index contributed by atoms with van der Waals surface area (Å²) in [7, 11) is -4.00. The second-order valence-electron chi connectivity index (χ2n) is 5.02. The van der Waals surface area contributed by atoms with Crippen LogP contribution in [0.5, 0.6) is 0 Å². The molecule has 1 aliphatic rings. The zero-order chi connectivity index (χ0) is 15.6. The highest BCUT2D eigenvalue weighted by molar-refractivity contribution is 7.89. The first-order valence-electron chi connectivity index (χ1n) is 6.38. The number of carbonyl (C=O) groups is 1. The second-order valence-corrected chi connectivity index (χ2v) is 6.58. The van der Waals surface area contributed by atoms with Crippen LogP contribution in [0.25, 0.3) is 0 Å². The average molecular weight is 310 g/mol. The summed E-state index contributed by atoms with van der Waals surface area (Å²) in [6.07, 6.45) is 7.29. The Morgan fingerprint density at radius 1 is 1.48 bits per heavy atom. The Hall–Kier alpha value is -1.91. The van der Waals surface area contributed by atoms with E-state index in [1.165, 1.54) is 4.90 Å². The highest BCUT2D eigenvalue weighted by Gasteiger charge is 2.28. The van der Waals surface area contributed by atoms with E-state index in [-0.39, 0.29) is 17.0 Å². The molecule has 1 aromatic rings. The number of nitrogens with two attached hydrogens (primary N) is 1. The van der Waals surface area contributed by atoms with E-state index in [0.29, 0.717) is 12.5 Å². The lowest BCUT2D eigenvalue weighted by atomic mass is 10.1. The molecular weight excluding hydrogens is 295 g/mol. The fraction of sp³-hybridized carbons (Fsp3) is 0.357. The molecule has 1 fully saturated rings. The van der Waals surface area contributed by atoms with Gasteiger partial charge in [0.1, 0.15) is 5.82 Å². The van der Waals surface area contributed by atoms with Crippen molar-refractivity contribution < 1.29 is 17.6 Å². The summed E-state index contributed by atoms with van der Waals surface area (Å²) < 4.78 is 36.3. The lowest BCUT2D eigenvalue weighted by Gasteiger charge is -2.20. The third-order valence-corrected chi connectivity index (χ3v) is 4.16. The molecule has 0 saturated heterocycles. The maximum Gasteiger partial charge on any atom is 0.257 e. The molecule has 1 amide bonds. The average Bonchev–Trinajstić information content (AvgIpc) is 3.20. The smallest absolute Gasteiger partial charge is 0.257 e. The van der Waals surface area contributed by atoms with E-state index >= 15 is 0 Å². The molecule has 0 radical (unpaired) electrons. The molecule has 0 aromatic heterocycles. The van der Waals surface area contributed by atoms with Crippen LogP contribution in [0.15, 0.2) is 23.1 Å². The van der Waals surface area contributed by atoms with Gasteiger partial charge in [-0.1, -0.05) is 5.92 Å². The van der Waals surface area contributed by atoms with Crippen LogP contribution in [0.4, 0.5) is 4.39 Å². The molecule has 2 N–H and O–H groups in total. The molecule has 1 aromatic carbocycles. The molecule has 7 heteroatoms. The van der Waals surface area contributed by atoms with Crippen molar-refractivity contribution in [2.45, 2.75) is 17.7 Å². The summed E-state index contributed by atoms with van der Waals surface area (Å²) in [6, 6.07) is 2.97. The van der Waals surface area contributed by atoms with Crippen molar-refractivity contribution in [3.8, 4) is 12.3 Å². The number of hydrogen-bond donors (Lipinski definition) is 1. The number of nitrogens with zero attached hydrogens (tertiary/aromatic N) is 1. The molecule has 5 nitrogen and oxygen atoms in total. The van der Waals surface area contributed by atoms with Gasteiger partial charge in [-0.2, -0.15) is 0 Å². The molecule has 112 valence electrons. The topological polar surface area (TPSA) is 80.5 Å². The Balaban J connectivity index is 2.27. The number of rotatable bonds is 5. The van der Waals surface area contributed by atoms with E-state index in [0.717, 1.165) is 31.0 Å². The van der Waals surface area contributed by atoms with E-state index in [1.54, 1.807) is 0 Å². The van der Waals surface area contributed by atoms with Crippen molar-refractivity contribution in [2.24, 2.45) is 11.1 Å². The van der Waals surface area contributed by atoms with Crippen molar-refractivity contribution in [1.82, 2.24) is 4.90 Å². The van der Waals surface area contributed by atoms with E-state index in [2.05, 4.69) is 5.92 Å². The van der Waals surface area contributed by atoms with Crippen LogP contribution in [0, 0.1) is 24.1 Å². The van der Waals surface area contributed by atoms with Crippen molar-refractivity contribution in [1.29, 1.82) is 0 Å². The standard InChI is InChI=1S/C14H15FN2O3S/c1-2-7-17(9-10-3-4-10)14(18)12-6-5-11(8-13(12)15)21(16,19)20/h1,5-6,8,10H,3-4,7,9H2,(H2,16,19,20). The predicted octanol–water partition coefficient (Wildman–Crippen LogP) is 0.959. The highest BCUT2D eigenvalue weighted by Crippen LogP contribution is 2.30. The molecule has 1 saturated carbocycles. The van der Waals surface area contributed by atoms with Gasteiger partial charge in [-0.15, -0.1) is 6.42 Å². The third kappa shape index (κ3) is 3.80. The van der Waals surface area contributed by atoms with Gasteiger partial charge >= 0.3 is 0 Å². The van der Waals surface area contributed by atoms with Crippen LogP contribution in [0.2, 0.25) is 0 Å². The summed E-state index contributed by atoms with van der Waals surface area (Å²) in [6.45, 7) is 0.575. The fourth-order valence-electron chi connectivity index (χ4n) is 1.96. The molecule has 0 atom stereocenters. The van der Waals surface area contributed by atoms with Gasteiger partial charge < -0.3 is 4.90 Å². The lowest BCUT2D eigenvalue weighted by Crippen LogP contribution is -2.34. The minimum Gasteiger partial charge on any atom is -0.327 e. The Labute approximate surface area is 123 Å². The quantitative estimate of drug-likeness (QED) is 0.823. The molecule has 2 rings (SSSR count). The van der Waals surface area contributed by atoms with Crippen molar-refractivity contribution >= 4 is 15.9 Å². The van der Waals surface area contributed by atoms with Gasteiger partial charge in [0.25, 0.3) is 5.91 Å². The molecule has 0 aliphatic heterocycles. The van der Waals surface area contributed by atoms with Crippen LogP contribution < -0.4 is 5.14 Å². The van der Waals surface area contributed by atoms with E-state index in [4.69, 9.17) is 11.6 Å². The van der Waals surface area contributed by atoms with Crippen LogP contribution in [-0.4, -0.2) is 32.3 Å². The SMILES string of the molecule is C#CCN(CC1CC1)C(=O)c1ccc(S(N)(=O)=O)cc1F. The van der Waals surface area contributed by atoms with E-state index in [9.17, 15) is 17.6 Å². The number of sulfonamides is 1. The van der Waals surface area contributed by atoms with Gasteiger partial charge in [0, 0.05) is 6.54 Å². The third-order valence-electron chi connectivity index (χ3n) is 3.24. The largest absolute Gasteiger partial charge is 0.327 e. The van der Waals surface area contributed by atoms with Crippen LogP contribution in [-0.2, 0) is 10.0 Å². The Morgan fingerprint density at radius 2 is 2.14 bits per heavy atom. The monoisotopic (exact) mass is 310 g/mol. The van der Waals surface area contributed by atoms with Gasteiger partial charge in [0.2, 0.25) is 10.0 Å². The number of amides is 1. The molecular formula is C14H15FN2O3S. The lowest BCUT2D eigenvalue weighted by molar-refractivity contribution is 0.0765. The first-order chi connectivity index (χ1) is 9.82. The van der Waals surface area contributed by atoms with Crippen LogP contribution in [0.1, 0.15) is 23.2 Å². The molecule has 0 heterocycles. The summed E-state index contributed by atoms with van der Waals surface area (Å²) in [5.74, 6) is 1.31. The maximum absolute atomic E-state index is 14.0. The Kier molecular flexibility index (Phi) is 4.30. The summed E-state index contributed by atoms with van der Waals surface area (Å²) >= 11 is 0. The van der Waals surface area contributed by atoms with Gasteiger partial charge in [-0.3, -0.25) is 4.79 Å². The van der Waals surface area contributed by atoms with Crippen molar-refractivity contribution in [2.75, 3.05) is 13.1 Å². The summed E-state index contributed by atoms with van der Waals surface area (Å²) in [4.78, 5) is 13.3. The fourth-order valence-corrected chi connectivity index (χ4v) is 2.48. The number of benzene rings is 1. The van der Waals surface area contributed by atoms with Crippen LogP contribution in [0.3, 0.4) is 0 Å². The molecule has 0 spiro atoms. The van der Waals surface area contributed by atoms with E-state index < -0.39 is 21.7 Å². The Morgan fingerprint density at radius 3 is 2.62 bits per heavy atom. The first kappa shape index (κ1) is 15.5. The van der Waals surface area contributed by atoms with Crippen molar-refractivity contribution in [3.05, 3.63) is 29.6 Å². The maximum atomic E-state index is 14.0. The van der Waals surface area contributed by atoms with Gasteiger partial charge in [0.05, 0.1) is 17.0 Å². The van der Waals surface area contributed by atoms with Crippen LogP contribution >= 0.6 is 0 Å². The second kappa shape index (κ2) is 5.84. The minimum atomic E-state index is -4.00. The molecule has 0 bridgehead atoms. The van der Waals surface area contributed by atoms with Gasteiger partial charge in [-0.05, 0) is 37.0 Å². The zero-order valence-corrected chi connectivity index (χ0v) is 12.1. The molecule has 0 unspecified atom stereocenters. The predicted molar refractivity (Wildman–Crippen MR) is 75.2 cm³/mol. The normalized spacial score (nSPS) is 14.5. The molecule has 1 aliphatic carbocycles. The highest BCUT2D eigenvalue weighted by atomic mass is 32.2. The van der Waals surface area contributed by atoms with Gasteiger partial charge in [0.15, 0.2) is 0 Å². The van der Waals surface area contributed by atoms with Crippen molar-refractivity contribution in [3.63, 3.8) is 0 Å². The number of carbonyl (C=O) groups excluding carboxylic acids is 1. The number of hydrogen-bond acceptors (Lipinski definition) is 3. The van der Waals surface area contributed by atoms with E-state index in [1.807, 2.05) is 0 Å². The number of terminal acetylenes is 1. The Bertz CT molecular complexity index is 705.